The molecule has 6 rings (SSSR count). The topological polar surface area (TPSA) is 66.6 Å². The molecule has 0 amide bonds. The number of aromatic nitrogens is 4. The Kier molecular flexibility index (Phi) is 11.8. The van der Waals surface area contributed by atoms with E-state index < -0.39 is 0 Å². The number of aromatic amines is 2. The Labute approximate surface area is 271 Å². The van der Waals surface area contributed by atoms with Gasteiger partial charge in [-0.1, -0.05) is 6.92 Å². The van der Waals surface area contributed by atoms with Crippen LogP contribution in [0.15, 0.2) is 72.8 Å². The molecule has 44 heavy (non-hydrogen) atoms. The fourth-order valence-corrected chi connectivity index (χ4v) is 5.90. The van der Waals surface area contributed by atoms with Crippen LogP contribution in [-0.4, -0.2) is 26.5 Å². The first kappa shape index (κ1) is 31.7. The van der Waals surface area contributed by atoms with Gasteiger partial charge in [-0.2, -0.15) is 0 Å². The molecule has 5 heterocycles. The molecule has 2 aliphatic heterocycles. The molecule has 0 aliphatic carbocycles. The van der Waals surface area contributed by atoms with E-state index in [1.807, 2.05) is 48.6 Å². The fraction of sp³-hybridized carbons (Fsp3) is 0.316. The van der Waals surface area contributed by atoms with Gasteiger partial charge in [0.1, 0.15) is 0 Å². The summed E-state index contributed by atoms with van der Waals surface area (Å²) in [5, 5.41) is 0. The summed E-state index contributed by atoms with van der Waals surface area (Å²) in [5.41, 5.74) is 7.86. The third-order valence-electron chi connectivity index (χ3n) is 7.88. The molecule has 1 aromatic carbocycles. The Morgan fingerprint density at radius 1 is 0.591 bits per heavy atom. The van der Waals surface area contributed by atoms with Crippen LogP contribution in [0.5, 0.6) is 5.75 Å². The number of H-pyrrole nitrogens is 2. The van der Waals surface area contributed by atoms with Crippen molar-refractivity contribution in [3.8, 4) is 5.75 Å². The molecule has 0 saturated heterocycles. The van der Waals surface area contributed by atoms with Gasteiger partial charge in [-0.15, -0.1) is 0 Å². The number of fused-ring (bicyclic) bond motifs is 8. The van der Waals surface area contributed by atoms with Crippen molar-refractivity contribution in [1.29, 1.82) is 0 Å². The number of hydrogen-bond acceptors (Lipinski definition) is 3. The van der Waals surface area contributed by atoms with Crippen molar-refractivity contribution in [2.24, 2.45) is 5.92 Å². The van der Waals surface area contributed by atoms with E-state index in [1.165, 1.54) is 73.8 Å². The van der Waals surface area contributed by atoms with Crippen LogP contribution >= 0.6 is 0 Å². The average molecular weight is 637 g/mol. The van der Waals surface area contributed by atoms with Crippen LogP contribution in [0.3, 0.4) is 0 Å². The molecule has 6 heteroatoms. The molecule has 1 unspecified atom stereocenters. The van der Waals surface area contributed by atoms with E-state index in [9.17, 15) is 0 Å². The maximum absolute atomic E-state index is 5.99. The SMILES string of the molecule is C1=Cc2cc3ccc(cc4nc(cc5ccc(cc1n2)[nH]5)C=C4)[nH]3.CCCCCCC(CCCC)COc1cc[c]([Zn])cc1. The molecule has 1 atom stereocenters. The summed E-state index contributed by atoms with van der Waals surface area (Å²) >= 11 is 1.22. The number of rotatable bonds is 11. The molecule has 4 aromatic rings. The van der Waals surface area contributed by atoms with E-state index in [0.29, 0.717) is 0 Å². The third-order valence-corrected chi connectivity index (χ3v) is 8.87. The van der Waals surface area contributed by atoms with Crippen LogP contribution in [0.4, 0.5) is 0 Å². The second-order valence-corrected chi connectivity index (χ2v) is 13.4. The van der Waals surface area contributed by atoms with Gasteiger partial charge in [0.05, 0.1) is 22.8 Å². The van der Waals surface area contributed by atoms with Gasteiger partial charge in [0.25, 0.3) is 0 Å². The van der Waals surface area contributed by atoms with Crippen molar-refractivity contribution in [2.45, 2.75) is 65.2 Å². The van der Waals surface area contributed by atoms with Crippen LogP contribution in [-0.2, 0) is 18.3 Å². The number of nitrogens with one attached hydrogen (secondary N) is 2. The summed E-state index contributed by atoms with van der Waals surface area (Å²) in [7, 11) is 0. The Bertz CT molecular complexity index is 1540. The Hall–Kier alpha value is -3.76. The molecule has 0 radical (unpaired) electrons. The second kappa shape index (κ2) is 16.4. The van der Waals surface area contributed by atoms with Crippen molar-refractivity contribution in [2.75, 3.05) is 6.61 Å². The summed E-state index contributed by atoms with van der Waals surface area (Å²) in [6, 6.07) is 25.0. The molecule has 2 N–H and O–H groups in total. The zero-order valence-electron chi connectivity index (χ0n) is 26.2. The standard InChI is InChI=1S/C20H14N4.C18H29O.Zn/c1-2-14-10-16-5-6-18(23-16)12-20-8-7-19(24-20)11-17-4-3-15(22-17)9-13(1)21-14;1-3-5-7-9-13-17(12-6-4-2)16-19-18-14-10-8-11-15-18;/h1-12,21,24H;10-11,14-15,17H,3-7,9,12-13,16H2,1-2H3;. The quantitative estimate of drug-likeness (QED) is 0.110. The van der Waals surface area contributed by atoms with Gasteiger partial charge in [-0.05, 0) is 72.8 Å². The van der Waals surface area contributed by atoms with E-state index in [1.54, 1.807) is 0 Å². The van der Waals surface area contributed by atoms with Crippen molar-refractivity contribution in [3.05, 3.63) is 95.6 Å². The minimum atomic E-state index is 0.738. The predicted molar refractivity (Wildman–Crippen MR) is 182 cm³/mol. The zero-order valence-corrected chi connectivity index (χ0v) is 29.2. The maximum atomic E-state index is 5.99. The number of hydrogen-bond donors (Lipinski definition) is 2. The number of benzene rings is 1. The number of ether oxygens (including phenoxy) is 1. The average Bonchev–Trinajstić information content (AvgIpc) is 3.84. The van der Waals surface area contributed by atoms with Gasteiger partial charge in [-0.25, -0.2) is 9.97 Å². The minimum absolute atomic E-state index is 0.738. The van der Waals surface area contributed by atoms with Gasteiger partial charge in [0.2, 0.25) is 0 Å². The summed E-state index contributed by atoms with van der Waals surface area (Å²) in [5.74, 6) is 1.78. The Morgan fingerprint density at radius 3 is 1.50 bits per heavy atom. The van der Waals surface area contributed by atoms with Gasteiger partial charge < -0.3 is 9.97 Å². The first-order valence-corrected chi connectivity index (χ1v) is 17.6. The van der Waals surface area contributed by atoms with E-state index >= 15 is 0 Å². The van der Waals surface area contributed by atoms with Gasteiger partial charge >= 0.3 is 128 Å². The summed E-state index contributed by atoms with van der Waals surface area (Å²) in [6.07, 6.45) is 18.8. The van der Waals surface area contributed by atoms with Gasteiger partial charge in [0, 0.05) is 22.1 Å². The van der Waals surface area contributed by atoms with Crippen LogP contribution in [0.1, 0.15) is 88.0 Å². The summed E-state index contributed by atoms with van der Waals surface area (Å²) in [4.78, 5) is 16.0. The van der Waals surface area contributed by atoms with Gasteiger partial charge in [0.15, 0.2) is 0 Å². The van der Waals surface area contributed by atoms with Crippen molar-refractivity contribution in [3.63, 3.8) is 0 Å². The van der Waals surface area contributed by atoms with Crippen molar-refractivity contribution < 1.29 is 23.0 Å². The Morgan fingerprint density at radius 2 is 1.05 bits per heavy atom. The third kappa shape index (κ3) is 9.89. The second-order valence-electron chi connectivity index (χ2n) is 11.7. The molecule has 5 nitrogen and oxygen atoms in total. The predicted octanol–water partition coefficient (Wildman–Crippen LogP) is 9.67. The van der Waals surface area contributed by atoms with Gasteiger partial charge in [-0.3, -0.25) is 0 Å². The molecule has 0 spiro atoms. The van der Waals surface area contributed by atoms with Crippen LogP contribution in [0.25, 0.3) is 46.4 Å². The van der Waals surface area contributed by atoms with Crippen molar-refractivity contribution >= 4 is 50.5 Å². The van der Waals surface area contributed by atoms with E-state index in [-0.39, 0.29) is 0 Å². The molecule has 3 aromatic heterocycles. The zero-order chi connectivity index (χ0) is 30.6. The molecular formula is C38H43N4OZn. The molecule has 0 saturated carbocycles. The molecule has 223 valence electrons. The van der Waals surface area contributed by atoms with Crippen molar-refractivity contribution in [1.82, 2.24) is 19.9 Å². The molecule has 2 aliphatic rings. The summed E-state index contributed by atoms with van der Waals surface area (Å²) in [6.45, 7) is 5.45. The van der Waals surface area contributed by atoms with Crippen LogP contribution in [0.2, 0.25) is 0 Å². The normalized spacial score (nSPS) is 12.5. The molecule has 0 fully saturated rings. The Balaban J connectivity index is 0.000000179. The first-order chi connectivity index (χ1) is 21.6. The van der Waals surface area contributed by atoms with E-state index in [4.69, 9.17) is 4.74 Å². The molecular weight excluding hydrogens is 594 g/mol. The monoisotopic (exact) mass is 635 g/mol. The van der Waals surface area contributed by atoms with Crippen LogP contribution in [0, 0.1) is 5.92 Å². The summed E-state index contributed by atoms with van der Waals surface area (Å²) < 4.78 is 7.41. The number of nitrogens with zero attached hydrogens (tertiary/aromatic N) is 2. The molecule has 8 bridgehead atoms. The first-order valence-electron chi connectivity index (χ1n) is 16.2. The fourth-order valence-electron chi connectivity index (χ4n) is 5.41. The van der Waals surface area contributed by atoms with E-state index in [0.717, 1.165) is 63.1 Å². The number of unbranched alkanes of at least 4 members (excludes halogenated alkanes) is 4. The van der Waals surface area contributed by atoms with E-state index in [2.05, 4.69) is 82.3 Å². The van der Waals surface area contributed by atoms with Crippen LogP contribution < -0.4 is 8.89 Å².